The predicted octanol–water partition coefficient (Wildman–Crippen LogP) is -0.963. The molecule has 1 rings (SSSR count). The van der Waals surface area contributed by atoms with Gasteiger partial charge in [0, 0.05) is 19.8 Å². The number of carbonyl (C=O) groups excluding carboxylic acids is 2. The number of hydrogen-bond donors (Lipinski definition) is 6. The molecule has 0 unspecified atom stereocenters. The highest BCUT2D eigenvalue weighted by atomic mass is 16.4. The molecule has 0 aliphatic heterocycles. The van der Waals surface area contributed by atoms with E-state index in [4.69, 9.17) is 5.73 Å². The summed E-state index contributed by atoms with van der Waals surface area (Å²) in [5.74, 6) is -1.39. The van der Waals surface area contributed by atoms with Gasteiger partial charge in [-0.15, -0.1) is 0 Å². The van der Waals surface area contributed by atoms with E-state index in [1.54, 1.807) is 25.2 Å². The molecule has 0 radical (unpaired) electrons. The molecule has 2 amide bonds. The van der Waals surface area contributed by atoms with Gasteiger partial charge in [-0.2, -0.15) is 0 Å². The second-order valence-electron chi connectivity index (χ2n) is 7.08. The summed E-state index contributed by atoms with van der Waals surface area (Å²) in [6.07, 6.45) is 2.70. The van der Waals surface area contributed by atoms with Gasteiger partial charge in [-0.3, -0.25) is 19.6 Å². The SMILES string of the molecule is CN=C(N)NCCC[C@H](NC(=O)c1ccccn1)C(=O)N[C@@H](CC(C)C)B(O)O. The van der Waals surface area contributed by atoms with Crippen LogP contribution in [-0.2, 0) is 4.79 Å². The van der Waals surface area contributed by atoms with Crippen molar-refractivity contribution in [2.75, 3.05) is 13.6 Å². The molecule has 29 heavy (non-hydrogen) atoms. The highest BCUT2D eigenvalue weighted by Gasteiger charge is 2.30. The maximum absolute atomic E-state index is 12.8. The number of carbonyl (C=O) groups is 2. The van der Waals surface area contributed by atoms with Crippen LogP contribution in [0.3, 0.4) is 0 Å². The molecule has 1 heterocycles. The Labute approximate surface area is 171 Å². The van der Waals surface area contributed by atoms with Gasteiger partial charge < -0.3 is 31.7 Å². The van der Waals surface area contributed by atoms with Crippen molar-refractivity contribution >= 4 is 24.9 Å². The summed E-state index contributed by atoms with van der Waals surface area (Å²) in [5.41, 5.74) is 5.76. The van der Waals surface area contributed by atoms with Crippen LogP contribution in [-0.4, -0.2) is 65.5 Å². The van der Waals surface area contributed by atoms with Crippen molar-refractivity contribution in [1.82, 2.24) is 20.9 Å². The number of guanidine groups is 1. The van der Waals surface area contributed by atoms with Crippen LogP contribution in [0.25, 0.3) is 0 Å². The first-order valence-corrected chi connectivity index (χ1v) is 9.59. The fraction of sp³-hybridized carbons (Fsp3) is 0.556. The first-order chi connectivity index (χ1) is 13.7. The molecule has 0 bridgehead atoms. The molecule has 1 aromatic heterocycles. The topological polar surface area (TPSA) is 162 Å². The molecule has 11 heteroatoms. The quantitative estimate of drug-likeness (QED) is 0.119. The van der Waals surface area contributed by atoms with Gasteiger partial charge in [0.25, 0.3) is 5.91 Å². The number of nitrogens with zero attached hydrogens (tertiary/aromatic N) is 2. The Balaban J connectivity index is 2.81. The van der Waals surface area contributed by atoms with E-state index >= 15 is 0 Å². The van der Waals surface area contributed by atoms with E-state index in [2.05, 4.69) is 25.9 Å². The van der Waals surface area contributed by atoms with E-state index in [1.165, 1.54) is 6.20 Å². The van der Waals surface area contributed by atoms with Crippen molar-refractivity contribution in [3.8, 4) is 0 Å². The van der Waals surface area contributed by atoms with Crippen molar-refractivity contribution in [2.45, 2.75) is 45.1 Å². The van der Waals surface area contributed by atoms with E-state index in [1.807, 2.05) is 13.8 Å². The minimum Gasteiger partial charge on any atom is -0.426 e. The second kappa shape index (κ2) is 12.7. The molecule has 0 aliphatic carbocycles. The molecule has 1 aromatic rings. The highest BCUT2D eigenvalue weighted by Crippen LogP contribution is 2.08. The van der Waals surface area contributed by atoms with Crippen molar-refractivity contribution in [1.29, 1.82) is 0 Å². The van der Waals surface area contributed by atoms with Gasteiger partial charge in [0.2, 0.25) is 5.91 Å². The molecule has 0 saturated heterocycles. The zero-order valence-electron chi connectivity index (χ0n) is 17.1. The Kier molecular flexibility index (Phi) is 10.7. The second-order valence-corrected chi connectivity index (χ2v) is 7.08. The maximum atomic E-state index is 12.8. The Hall–Kier alpha value is -2.66. The Morgan fingerprint density at radius 3 is 2.55 bits per heavy atom. The third kappa shape index (κ3) is 9.39. The maximum Gasteiger partial charge on any atom is 0.475 e. The van der Waals surface area contributed by atoms with Gasteiger partial charge in [-0.05, 0) is 37.3 Å². The molecule has 0 aliphatic rings. The van der Waals surface area contributed by atoms with Crippen molar-refractivity contribution in [3.05, 3.63) is 30.1 Å². The van der Waals surface area contributed by atoms with Crippen LogP contribution in [0.5, 0.6) is 0 Å². The standard InChI is InChI=1S/C18H31BN6O4/c1-12(2)11-15(19(28)29)25-17(27)14(8-6-10-23-18(20)21-3)24-16(26)13-7-4-5-9-22-13/h4-5,7,9,12,14-15,28-29H,6,8,10-11H2,1-3H3,(H,24,26)(H,25,27)(H3,20,21,23)/t14-,15-/m0/s1. The van der Waals surface area contributed by atoms with Gasteiger partial charge in [0.05, 0.1) is 5.94 Å². The van der Waals surface area contributed by atoms with E-state index in [0.29, 0.717) is 25.8 Å². The number of amides is 2. The minimum atomic E-state index is -1.70. The van der Waals surface area contributed by atoms with Crippen LogP contribution >= 0.6 is 0 Å². The van der Waals surface area contributed by atoms with E-state index < -0.39 is 30.9 Å². The minimum absolute atomic E-state index is 0.143. The predicted molar refractivity (Wildman–Crippen MR) is 112 cm³/mol. The number of nitrogens with two attached hydrogens (primary N) is 1. The first-order valence-electron chi connectivity index (χ1n) is 9.59. The summed E-state index contributed by atoms with van der Waals surface area (Å²) in [6, 6.07) is 4.03. The lowest BCUT2D eigenvalue weighted by Gasteiger charge is -2.24. The van der Waals surface area contributed by atoms with Crippen LogP contribution in [0, 0.1) is 5.92 Å². The van der Waals surface area contributed by atoms with Crippen LogP contribution in [0.4, 0.5) is 0 Å². The van der Waals surface area contributed by atoms with Crippen LogP contribution in [0.2, 0.25) is 0 Å². The number of aromatic nitrogens is 1. The van der Waals surface area contributed by atoms with E-state index in [-0.39, 0.29) is 17.6 Å². The summed E-state index contributed by atoms with van der Waals surface area (Å²) in [6.45, 7) is 4.28. The largest absolute Gasteiger partial charge is 0.475 e. The summed E-state index contributed by atoms with van der Waals surface area (Å²) < 4.78 is 0. The van der Waals surface area contributed by atoms with Crippen molar-refractivity contribution in [2.24, 2.45) is 16.6 Å². The van der Waals surface area contributed by atoms with Crippen molar-refractivity contribution < 1.29 is 19.6 Å². The molecule has 0 fully saturated rings. The zero-order valence-corrected chi connectivity index (χ0v) is 17.1. The monoisotopic (exact) mass is 406 g/mol. The number of nitrogens with one attached hydrogen (secondary N) is 3. The van der Waals surface area contributed by atoms with Gasteiger partial charge in [-0.25, -0.2) is 0 Å². The lowest BCUT2D eigenvalue weighted by molar-refractivity contribution is -0.123. The molecule has 160 valence electrons. The third-order valence-electron chi connectivity index (χ3n) is 4.15. The van der Waals surface area contributed by atoms with Gasteiger partial charge in [-0.1, -0.05) is 19.9 Å². The summed E-state index contributed by atoms with van der Waals surface area (Å²) in [4.78, 5) is 33.0. The molecule has 2 atom stereocenters. The summed E-state index contributed by atoms with van der Waals surface area (Å²) in [7, 11) is -0.142. The lowest BCUT2D eigenvalue weighted by atomic mass is 9.75. The van der Waals surface area contributed by atoms with Crippen LogP contribution < -0.4 is 21.7 Å². The Morgan fingerprint density at radius 2 is 2.00 bits per heavy atom. The fourth-order valence-electron chi connectivity index (χ4n) is 2.65. The molecular formula is C18H31BN6O4. The zero-order chi connectivity index (χ0) is 21.8. The normalized spacial score (nSPS) is 13.5. The Bertz CT molecular complexity index is 672. The first kappa shape index (κ1) is 24.4. The number of aliphatic imine (C=N–C) groups is 1. The molecular weight excluding hydrogens is 375 g/mol. The lowest BCUT2D eigenvalue weighted by Crippen LogP contribution is -2.54. The summed E-state index contributed by atoms with van der Waals surface area (Å²) in [5, 5.41) is 27.3. The van der Waals surface area contributed by atoms with Crippen molar-refractivity contribution in [3.63, 3.8) is 0 Å². The molecule has 7 N–H and O–H groups in total. The molecule has 0 spiro atoms. The molecule has 10 nitrogen and oxygen atoms in total. The van der Waals surface area contributed by atoms with Gasteiger partial charge in [0.1, 0.15) is 11.7 Å². The third-order valence-corrected chi connectivity index (χ3v) is 4.15. The number of pyridine rings is 1. The fourth-order valence-corrected chi connectivity index (χ4v) is 2.65. The highest BCUT2D eigenvalue weighted by molar-refractivity contribution is 6.43. The van der Waals surface area contributed by atoms with Gasteiger partial charge >= 0.3 is 7.12 Å². The number of hydrogen-bond acceptors (Lipinski definition) is 6. The van der Waals surface area contributed by atoms with E-state index in [9.17, 15) is 19.6 Å². The average Bonchev–Trinajstić information content (AvgIpc) is 2.69. The van der Waals surface area contributed by atoms with E-state index in [0.717, 1.165) is 0 Å². The average molecular weight is 406 g/mol. The van der Waals surface area contributed by atoms with Gasteiger partial charge in [0.15, 0.2) is 5.96 Å². The smallest absolute Gasteiger partial charge is 0.426 e. The van der Waals surface area contributed by atoms with Crippen LogP contribution in [0.15, 0.2) is 29.4 Å². The molecule has 0 aromatic carbocycles. The van der Waals surface area contributed by atoms with Crippen LogP contribution in [0.1, 0.15) is 43.6 Å². The molecule has 0 saturated carbocycles. The summed E-state index contributed by atoms with van der Waals surface area (Å²) >= 11 is 0. The Morgan fingerprint density at radius 1 is 1.28 bits per heavy atom. The number of rotatable bonds is 11.